The zero-order valence-electron chi connectivity index (χ0n) is 14.7. The molecule has 0 aromatic carbocycles. The molecular weight excluding hydrogens is 244 g/mol. The molecule has 0 spiro atoms. The average molecular weight is 283 g/mol. The molecule has 0 N–H and O–H groups in total. The van der Waals surface area contributed by atoms with Gasteiger partial charge < -0.3 is 0 Å². The van der Waals surface area contributed by atoms with E-state index in [9.17, 15) is 4.79 Å². The minimum Gasteiger partial charge on any atom is -0.300 e. The number of Topliss-reactive ketones (excluding diaryl/α,β-unsaturated/α-hetero) is 1. The maximum atomic E-state index is 11.2. The van der Waals surface area contributed by atoms with Gasteiger partial charge in [0, 0.05) is 12.8 Å². The molecule has 0 aliphatic carbocycles. The normalized spacial score (nSPS) is 14.5. The van der Waals surface area contributed by atoms with Gasteiger partial charge in [-0.15, -0.1) is 0 Å². The van der Waals surface area contributed by atoms with Gasteiger partial charge in [-0.2, -0.15) is 0 Å². The topological polar surface area (TPSA) is 17.1 Å². The first kappa shape index (κ1) is 19.7. The lowest BCUT2D eigenvalue weighted by molar-refractivity contribution is -0.118. The zero-order valence-corrected chi connectivity index (χ0v) is 14.7. The van der Waals surface area contributed by atoms with E-state index in [4.69, 9.17) is 0 Å². The maximum absolute atomic E-state index is 11.2. The Balaban J connectivity index is 3.45. The second-order valence-electron chi connectivity index (χ2n) is 7.25. The Morgan fingerprint density at radius 3 is 1.65 bits per heavy atom. The van der Waals surface area contributed by atoms with E-state index in [-0.39, 0.29) is 0 Å². The van der Waals surface area contributed by atoms with Crippen molar-refractivity contribution in [3.05, 3.63) is 0 Å². The van der Waals surface area contributed by atoms with E-state index >= 15 is 0 Å². The standard InChI is InChI=1S/C19H38O/c1-6-19(20)15-9-14-18(5)13-8-12-17(4)11-7-10-16(2)3/h16-18H,6-15H2,1-5H3. The van der Waals surface area contributed by atoms with Crippen molar-refractivity contribution in [3.8, 4) is 0 Å². The molecule has 0 amide bonds. The van der Waals surface area contributed by atoms with Crippen LogP contribution in [-0.2, 0) is 4.79 Å². The van der Waals surface area contributed by atoms with Crippen LogP contribution in [0.15, 0.2) is 0 Å². The average Bonchev–Trinajstić information content (AvgIpc) is 2.38. The predicted molar refractivity (Wildman–Crippen MR) is 90.0 cm³/mol. The van der Waals surface area contributed by atoms with Crippen LogP contribution in [0, 0.1) is 17.8 Å². The molecule has 20 heavy (non-hydrogen) atoms. The van der Waals surface area contributed by atoms with Crippen LogP contribution in [0.2, 0.25) is 0 Å². The third kappa shape index (κ3) is 12.7. The molecule has 0 radical (unpaired) electrons. The van der Waals surface area contributed by atoms with Gasteiger partial charge in [0.1, 0.15) is 5.78 Å². The van der Waals surface area contributed by atoms with Crippen LogP contribution in [-0.4, -0.2) is 5.78 Å². The first-order valence-corrected chi connectivity index (χ1v) is 8.97. The molecule has 0 saturated heterocycles. The third-order valence-electron chi connectivity index (χ3n) is 4.42. The lowest BCUT2D eigenvalue weighted by Crippen LogP contribution is -2.01. The van der Waals surface area contributed by atoms with Crippen LogP contribution in [0.1, 0.15) is 98.8 Å². The van der Waals surface area contributed by atoms with E-state index in [0.29, 0.717) is 12.2 Å². The minimum atomic E-state index is 0.427. The summed E-state index contributed by atoms with van der Waals surface area (Å²) in [5, 5.41) is 0. The number of ketones is 1. The van der Waals surface area contributed by atoms with Gasteiger partial charge in [-0.25, -0.2) is 0 Å². The Hall–Kier alpha value is -0.330. The summed E-state index contributed by atoms with van der Waals surface area (Å²) in [6.45, 7) is 11.3. The maximum Gasteiger partial charge on any atom is 0.132 e. The molecule has 1 heteroatoms. The van der Waals surface area contributed by atoms with Crippen LogP contribution in [0.3, 0.4) is 0 Å². The molecule has 0 bridgehead atoms. The van der Waals surface area contributed by atoms with Gasteiger partial charge in [-0.3, -0.25) is 4.79 Å². The Kier molecular flexibility index (Phi) is 12.2. The highest BCUT2D eigenvalue weighted by Gasteiger charge is 2.07. The predicted octanol–water partition coefficient (Wildman–Crippen LogP) is 6.40. The van der Waals surface area contributed by atoms with E-state index in [1.165, 1.54) is 44.9 Å². The molecule has 0 fully saturated rings. The van der Waals surface area contributed by atoms with E-state index in [1.54, 1.807) is 0 Å². The van der Waals surface area contributed by atoms with Crippen LogP contribution >= 0.6 is 0 Å². The number of hydrogen-bond donors (Lipinski definition) is 0. The first-order chi connectivity index (χ1) is 9.45. The monoisotopic (exact) mass is 282 g/mol. The lowest BCUT2D eigenvalue weighted by atomic mass is 9.92. The molecule has 0 aromatic heterocycles. The third-order valence-corrected chi connectivity index (χ3v) is 4.42. The van der Waals surface area contributed by atoms with Crippen molar-refractivity contribution in [3.63, 3.8) is 0 Å². The summed E-state index contributed by atoms with van der Waals surface area (Å²) in [4.78, 5) is 11.2. The van der Waals surface area contributed by atoms with Crippen LogP contribution in [0.25, 0.3) is 0 Å². The highest BCUT2D eigenvalue weighted by Crippen LogP contribution is 2.21. The van der Waals surface area contributed by atoms with Crippen LogP contribution < -0.4 is 0 Å². The fraction of sp³-hybridized carbons (Fsp3) is 0.947. The van der Waals surface area contributed by atoms with E-state index < -0.39 is 0 Å². The summed E-state index contributed by atoms with van der Waals surface area (Å²) in [7, 11) is 0. The summed E-state index contributed by atoms with van der Waals surface area (Å²) >= 11 is 0. The van der Waals surface area contributed by atoms with Crippen molar-refractivity contribution < 1.29 is 4.79 Å². The van der Waals surface area contributed by atoms with E-state index in [1.807, 2.05) is 6.92 Å². The number of rotatable bonds is 13. The number of hydrogen-bond acceptors (Lipinski definition) is 1. The van der Waals surface area contributed by atoms with Gasteiger partial charge in [0.2, 0.25) is 0 Å². The van der Waals surface area contributed by atoms with Gasteiger partial charge >= 0.3 is 0 Å². The molecule has 0 aliphatic rings. The Morgan fingerprint density at radius 2 is 1.20 bits per heavy atom. The summed E-state index contributed by atoms with van der Waals surface area (Å²) < 4.78 is 0. The Bertz CT molecular complexity index is 232. The highest BCUT2D eigenvalue weighted by atomic mass is 16.1. The summed E-state index contributed by atoms with van der Waals surface area (Å²) in [6.07, 6.45) is 12.1. The van der Waals surface area contributed by atoms with Gasteiger partial charge in [-0.05, 0) is 24.2 Å². The molecule has 2 unspecified atom stereocenters. The molecule has 0 heterocycles. The van der Waals surface area contributed by atoms with Crippen molar-refractivity contribution in [1.29, 1.82) is 0 Å². The lowest BCUT2D eigenvalue weighted by Gasteiger charge is -2.14. The Labute approximate surface area is 127 Å². The molecule has 120 valence electrons. The van der Waals surface area contributed by atoms with Gasteiger partial charge in [0.05, 0.1) is 0 Å². The molecule has 2 atom stereocenters. The molecule has 1 nitrogen and oxygen atoms in total. The second-order valence-corrected chi connectivity index (χ2v) is 7.25. The van der Waals surface area contributed by atoms with Crippen molar-refractivity contribution in [2.45, 2.75) is 98.8 Å². The van der Waals surface area contributed by atoms with Gasteiger partial charge in [0.25, 0.3) is 0 Å². The largest absolute Gasteiger partial charge is 0.300 e. The quantitative estimate of drug-likeness (QED) is 0.382. The van der Waals surface area contributed by atoms with Crippen molar-refractivity contribution >= 4 is 5.78 Å². The van der Waals surface area contributed by atoms with E-state index in [2.05, 4.69) is 27.7 Å². The molecule has 0 aliphatic heterocycles. The fourth-order valence-electron chi connectivity index (χ4n) is 2.80. The SMILES string of the molecule is CCC(=O)CCCC(C)CCCC(C)CCCC(C)C. The van der Waals surface area contributed by atoms with Crippen LogP contribution in [0.5, 0.6) is 0 Å². The van der Waals surface area contributed by atoms with Crippen molar-refractivity contribution in [1.82, 2.24) is 0 Å². The van der Waals surface area contributed by atoms with E-state index in [0.717, 1.165) is 30.6 Å². The minimum absolute atomic E-state index is 0.427. The molecule has 0 aromatic rings. The second kappa shape index (κ2) is 12.4. The van der Waals surface area contributed by atoms with Crippen LogP contribution in [0.4, 0.5) is 0 Å². The number of carbonyl (C=O) groups is 1. The van der Waals surface area contributed by atoms with Gasteiger partial charge in [0.15, 0.2) is 0 Å². The van der Waals surface area contributed by atoms with Gasteiger partial charge in [-0.1, -0.05) is 79.6 Å². The first-order valence-electron chi connectivity index (χ1n) is 8.97. The van der Waals surface area contributed by atoms with Crippen molar-refractivity contribution in [2.75, 3.05) is 0 Å². The summed E-state index contributed by atoms with van der Waals surface area (Å²) in [5.74, 6) is 2.97. The Morgan fingerprint density at radius 1 is 0.750 bits per heavy atom. The molecule has 0 saturated carbocycles. The molecule has 0 rings (SSSR count). The fourth-order valence-corrected chi connectivity index (χ4v) is 2.80. The molecular formula is C19H38O. The van der Waals surface area contributed by atoms with Crippen molar-refractivity contribution in [2.24, 2.45) is 17.8 Å². The number of carbonyl (C=O) groups excluding carboxylic acids is 1. The highest BCUT2D eigenvalue weighted by molar-refractivity contribution is 5.77. The zero-order chi connectivity index (χ0) is 15.4. The summed E-state index contributed by atoms with van der Waals surface area (Å²) in [5.41, 5.74) is 0. The smallest absolute Gasteiger partial charge is 0.132 e. The summed E-state index contributed by atoms with van der Waals surface area (Å²) in [6, 6.07) is 0.